The summed E-state index contributed by atoms with van der Waals surface area (Å²) in [6.45, 7) is 10.5. The molecule has 2 aromatic heterocycles. The van der Waals surface area contributed by atoms with E-state index < -0.39 is 0 Å². The highest BCUT2D eigenvalue weighted by Crippen LogP contribution is 2.14. The molecule has 0 unspecified atom stereocenters. The van der Waals surface area contributed by atoms with E-state index in [0.717, 1.165) is 66.5 Å². The van der Waals surface area contributed by atoms with Gasteiger partial charge in [0.05, 0.1) is 12.2 Å². The molecule has 1 fully saturated rings. The number of aromatic nitrogens is 4. The number of hydrogen-bond donors (Lipinski definition) is 1. The van der Waals surface area contributed by atoms with Crippen LogP contribution in [-0.4, -0.2) is 60.7 Å². The van der Waals surface area contributed by atoms with Gasteiger partial charge in [0.2, 0.25) is 0 Å². The first-order chi connectivity index (χ1) is 15.0. The van der Waals surface area contributed by atoms with Crippen molar-refractivity contribution >= 4 is 34.7 Å². The van der Waals surface area contributed by atoms with Crippen LogP contribution in [0, 0.1) is 6.92 Å². The number of nitrogens with zero attached hydrogens (tertiary/aromatic N) is 6. The highest BCUT2D eigenvalue weighted by molar-refractivity contribution is 7.80. The fourth-order valence-electron chi connectivity index (χ4n) is 3.71. The lowest BCUT2D eigenvalue weighted by Crippen LogP contribution is -2.49. The van der Waals surface area contributed by atoms with Crippen LogP contribution in [0.1, 0.15) is 23.7 Å². The number of benzene rings is 1. The Morgan fingerprint density at radius 3 is 2.45 bits per heavy atom. The van der Waals surface area contributed by atoms with Gasteiger partial charge in [-0.1, -0.05) is 23.7 Å². The van der Waals surface area contributed by atoms with Crippen molar-refractivity contribution in [2.45, 2.75) is 33.5 Å². The molecule has 0 spiro atoms. The number of thiocarbonyl (C=S) groups is 1. The molecule has 164 valence electrons. The Morgan fingerprint density at radius 1 is 1.03 bits per heavy atom. The van der Waals surface area contributed by atoms with Crippen LogP contribution in [0.2, 0.25) is 5.02 Å². The van der Waals surface area contributed by atoms with Gasteiger partial charge in [0, 0.05) is 68.3 Å². The highest BCUT2D eigenvalue weighted by Gasteiger charge is 2.20. The predicted octanol–water partition coefficient (Wildman–Crippen LogP) is 3.62. The maximum absolute atomic E-state index is 5.96. The number of halogens is 1. The Balaban J connectivity index is 1.26. The van der Waals surface area contributed by atoms with E-state index in [0.29, 0.717) is 6.54 Å². The van der Waals surface area contributed by atoms with Crippen molar-refractivity contribution in [1.82, 2.24) is 29.4 Å². The number of aryl methyl sites for hydroxylation is 2. The second-order valence-corrected chi connectivity index (χ2v) is 8.64. The first-order valence-electron chi connectivity index (χ1n) is 10.6. The van der Waals surface area contributed by atoms with Crippen LogP contribution in [0.4, 0.5) is 5.82 Å². The van der Waals surface area contributed by atoms with Crippen LogP contribution in [-0.2, 0) is 19.6 Å². The summed E-state index contributed by atoms with van der Waals surface area (Å²) in [7, 11) is 0. The molecule has 4 rings (SSSR count). The minimum Gasteiger partial charge on any atom is -0.346 e. The van der Waals surface area contributed by atoms with E-state index in [9.17, 15) is 0 Å². The lowest BCUT2D eigenvalue weighted by molar-refractivity contribution is 0.176. The Labute approximate surface area is 193 Å². The summed E-state index contributed by atoms with van der Waals surface area (Å²) in [6.07, 6.45) is 4.12. The van der Waals surface area contributed by atoms with Crippen LogP contribution in [0.15, 0.2) is 42.7 Å². The number of nitrogens with one attached hydrogen (secondary N) is 1. The summed E-state index contributed by atoms with van der Waals surface area (Å²) in [5.41, 5.74) is 3.58. The third kappa shape index (κ3) is 5.64. The summed E-state index contributed by atoms with van der Waals surface area (Å²) >= 11 is 11.6. The molecule has 1 saturated heterocycles. The van der Waals surface area contributed by atoms with E-state index >= 15 is 0 Å². The van der Waals surface area contributed by atoms with Crippen molar-refractivity contribution in [3.05, 3.63) is 64.6 Å². The SMILES string of the molecule is CCn1cc(CN2CCN(C(=S)Nc3ccn(Cc4ccc(Cl)cc4)n3)CC2)c(C)n1. The Bertz CT molecular complexity index is 1020. The van der Waals surface area contributed by atoms with E-state index in [4.69, 9.17) is 23.8 Å². The van der Waals surface area contributed by atoms with Crippen LogP contribution in [0.3, 0.4) is 0 Å². The Morgan fingerprint density at radius 2 is 1.77 bits per heavy atom. The smallest absolute Gasteiger partial charge is 0.174 e. The molecule has 1 aromatic carbocycles. The maximum Gasteiger partial charge on any atom is 0.174 e. The zero-order chi connectivity index (χ0) is 21.8. The molecular weight excluding hydrogens is 430 g/mol. The molecule has 9 heteroatoms. The van der Waals surface area contributed by atoms with E-state index in [1.54, 1.807) is 0 Å². The zero-order valence-electron chi connectivity index (χ0n) is 18.0. The Kier molecular flexibility index (Phi) is 6.89. The van der Waals surface area contributed by atoms with Crippen molar-refractivity contribution in [2.75, 3.05) is 31.5 Å². The van der Waals surface area contributed by atoms with Crippen LogP contribution in [0.5, 0.6) is 0 Å². The molecule has 0 bridgehead atoms. The van der Waals surface area contributed by atoms with Crippen molar-refractivity contribution in [3.63, 3.8) is 0 Å². The lowest BCUT2D eigenvalue weighted by atomic mass is 10.2. The van der Waals surface area contributed by atoms with Gasteiger partial charge in [-0.2, -0.15) is 10.2 Å². The quantitative estimate of drug-likeness (QED) is 0.570. The summed E-state index contributed by atoms with van der Waals surface area (Å²) in [5.74, 6) is 0.768. The molecule has 0 aliphatic carbocycles. The fourth-order valence-corrected chi connectivity index (χ4v) is 4.12. The summed E-state index contributed by atoms with van der Waals surface area (Å²) in [4.78, 5) is 4.68. The van der Waals surface area contributed by atoms with E-state index in [1.165, 1.54) is 5.56 Å². The molecule has 3 heterocycles. The molecule has 31 heavy (non-hydrogen) atoms. The first-order valence-corrected chi connectivity index (χ1v) is 11.4. The third-order valence-corrected chi connectivity index (χ3v) is 6.17. The normalized spacial score (nSPS) is 14.7. The second kappa shape index (κ2) is 9.80. The van der Waals surface area contributed by atoms with Gasteiger partial charge in [-0.15, -0.1) is 0 Å². The van der Waals surface area contributed by atoms with E-state index in [-0.39, 0.29) is 0 Å². The lowest BCUT2D eigenvalue weighted by Gasteiger charge is -2.35. The van der Waals surface area contributed by atoms with Crippen molar-refractivity contribution in [3.8, 4) is 0 Å². The highest BCUT2D eigenvalue weighted by atomic mass is 35.5. The van der Waals surface area contributed by atoms with Gasteiger partial charge in [0.25, 0.3) is 0 Å². The molecule has 0 amide bonds. The maximum atomic E-state index is 5.96. The standard InChI is InChI=1S/C22H28ClN7S/c1-3-29-16-19(17(2)25-29)15-27-10-12-28(13-11-27)22(31)24-21-8-9-30(26-21)14-18-4-6-20(23)7-5-18/h4-9,16H,3,10-15H2,1-2H3,(H,24,26,31). The molecule has 3 aromatic rings. The average molecular weight is 458 g/mol. The molecule has 7 nitrogen and oxygen atoms in total. The number of anilines is 1. The van der Waals surface area contributed by atoms with Gasteiger partial charge in [0.15, 0.2) is 10.9 Å². The van der Waals surface area contributed by atoms with E-state index in [2.05, 4.69) is 45.4 Å². The van der Waals surface area contributed by atoms with Gasteiger partial charge in [-0.05, 0) is 43.8 Å². The monoisotopic (exact) mass is 457 g/mol. The van der Waals surface area contributed by atoms with Crippen molar-refractivity contribution in [2.24, 2.45) is 0 Å². The molecule has 0 radical (unpaired) electrons. The number of piperazine rings is 1. The van der Waals surface area contributed by atoms with Gasteiger partial charge in [-0.25, -0.2) is 0 Å². The molecule has 0 atom stereocenters. The average Bonchev–Trinajstić information content (AvgIpc) is 3.36. The summed E-state index contributed by atoms with van der Waals surface area (Å²) in [5, 5.41) is 13.9. The molecule has 1 aliphatic rings. The van der Waals surface area contributed by atoms with Gasteiger partial charge >= 0.3 is 0 Å². The molecule has 1 aliphatic heterocycles. The van der Waals surface area contributed by atoms with Crippen LogP contribution < -0.4 is 5.32 Å². The van der Waals surface area contributed by atoms with Crippen LogP contribution >= 0.6 is 23.8 Å². The molecule has 1 N–H and O–H groups in total. The summed E-state index contributed by atoms with van der Waals surface area (Å²) < 4.78 is 3.90. The van der Waals surface area contributed by atoms with E-state index in [1.807, 2.05) is 45.9 Å². The second-order valence-electron chi connectivity index (χ2n) is 7.81. The van der Waals surface area contributed by atoms with Crippen LogP contribution in [0.25, 0.3) is 0 Å². The summed E-state index contributed by atoms with van der Waals surface area (Å²) in [6, 6.07) is 9.76. The largest absolute Gasteiger partial charge is 0.346 e. The first kappa shape index (κ1) is 21.8. The molecular formula is C22H28ClN7S. The van der Waals surface area contributed by atoms with Gasteiger partial charge < -0.3 is 10.2 Å². The predicted molar refractivity (Wildman–Crippen MR) is 128 cm³/mol. The zero-order valence-corrected chi connectivity index (χ0v) is 19.5. The number of rotatable bonds is 6. The molecule has 0 saturated carbocycles. The van der Waals surface area contributed by atoms with Crippen molar-refractivity contribution < 1.29 is 0 Å². The van der Waals surface area contributed by atoms with Crippen molar-refractivity contribution in [1.29, 1.82) is 0 Å². The Hall–Kier alpha value is -2.42. The number of hydrogen-bond acceptors (Lipinski definition) is 4. The topological polar surface area (TPSA) is 54.1 Å². The minimum absolute atomic E-state index is 0.693. The fraction of sp³-hybridized carbons (Fsp3) is 0.409. The van der Waals surface area contributed by atoms with Gasteiger partial charge in [-0.3, -0.25) is 14.3 Å². The van der Waals surface area contributed by atoms with Gasteiger partial charge in [0.1, 0.15) is 0 Å². The third-order valence-electron chi connectivity index (χ3n) is 5.56. The minimum atomic E-state index is 0.693.